The summed E-state index contributed by atoms with van der Waals surface area (Å²) in [6.45, 7) is 4.20. The molecule has 4 N–H and O–H groups in total. The maximum atomic E-state index is 12.5. The van der Waals surface area contributed by atoms with Gasteiger partial charge in [0.1, 0.15) is 17.3 Å². The predicted molar refractivity (Wildman–Crippen MR) is 117 cm³/mol. The maximum absolute atomic E-state index is 12.5. The van der Waals surface area contributed by atoms with E-state index in [1.165, 1.54) is 0 Å². The minimum atomic E-state index is -0.223. The number of carbonyl (C=O) groups excluding carboxylic acids is 1. The number of amides is 1. The van der Waals surface area contributed by atoms with Crippen molar-refractivity contribution in [1.82, 2.24) is 25.3 Å². The Labute approximate surface area is 178 Å². The molecule has 0 fully saturated rings. The molecular weight excluding hydrogens is 400 g/mol. The summed E-state index contributed by atoms with van der Waals surface area (Å²) in [6, 6.07) is 9.64. The van der Waals surface area contributed by atoms with Crippen molar-refractivity contribution in [1.29, 1.82) is 0 Å². The molecule has 0 saturated carbocycles. The summed E-state index contributed by atoms with van der Waals surface area (Å²) in [5, 5.41) is 4.47. The molecule has 0 aliphatic heterocycles. The van der Waals surface area contributed by atoms with Crippen molar-refractivity contribution in [3.8, 4) is 0 Å². The average Bonchev–Trinajstić information content (AvgIpc) is 3.15. The van der Waals surface area contributed by atoms with Gasteiger partial charge in [0, 0.05) is 30.2 Å². The first-order valence-corrected chi connectivity index (χ1v) is 9.85. The van der Waals surface area contributed by atoms with Gasteiger partial charge in [-0.15, -0.1) is 0 Å². The zero-order valence-corrected chi connectivity index (χ0v) is 17.4. The van der Waals surface area contributed by atoms with E-state index in [4.69, 9.17) is 17.3 Å². The third-order valence-corrected chi connectivity index (χ3v) is 5.16. The van der Waals surface area contributed by atoms with Crippen LogP contribution >= 0.6 is 11.6 Å². The van der Waals surface area contributed by atoms with Crippen molar-refractivity contribution in [2.45, 2.75) is 26.8 Å². The van der Waals surface area contributed by atoms with Gasteiger partial charge in [-0.25, -0.2) is 9.97 Å². The van der Waals surface area contributed by atoms with Gasteiger partial charge in [-0.3, -0.25) is 9.78 Å². The van der Waals surface area contributed by atoms with Gasteiger partial charge in [0.15, 0.2) is 0 Å². The number of hydrogen-bond acceptors (Lipinski definition) is 5. The molecule has 0 saturated heterocycles. The molecule has 0 aliphatic rings. The smallest absolute Gasteiger partial charge is 0.269 e. The number of anilines is 1. The largest absolute Gasteiger partial charge is 0.384 e. The standard InChI is InChI=1S/C22H21ClN6O/c1-12-5-20(24)28-13(2)17(12)10-27-22(30)19-11-26-21(29-19)7-14-3-4-18-15(6-14)8-16(23)9-25-18/h3-6,8-9,11H,7,10H2,1-2H3,(H2,24,28)(H,26,29)(H,27,30). The van der Waals surface area contributed by atoms with Crippen LogP contribution in [0.15, 0.2) is 42.7 Å². The quantitative estimate of drug-likeness (QED) is 0.455. The Bertz CT molecular complexity index is 1230. The number of rotatable bonds is 5. The van der Waals surface area contributed by atoms with Gasteiger partial charge in [0.25, 0.3) is 5.91 Å². The number of hydrogen-bond donors (Lipinski definition) is 3. The molecule has 0 spiro atoms. The number of aryl methyl sites for hydroxylation is 2. The highest BCUT2D eigenvalue weighted by Gasteiger charge is 2.12. The number of pyridine rings is 2. The molecule has 1 aromatic carbocycles. The Morgan fingerprint density at radius 3 is 2.80 bits per heavy atom. The summed E-state index contributed by atoms with van der Waals surface area (Å²) < 4.78 is 0. The summed E-state index contributed by atoms with van der Waals surface area (Å²) in [5.74, 6) is 0.958. The zero-order chi connectivity index (χ0) is 21.3. The van der Waals surface area contributed by atoms with Gasteiger partial charge in [-0.1, -0.05) is 17.7 Å². The van der Waals surface area contributed by atoms with E-state index in [0.29, 0.717) is 35.3 Å². The summed E-state index contributed by atoms with van der Waals surface area (Å²) in [4.78, 5) is 28.5. The topological polar surface area (TPSA) is 110 Å². The number of benzene rings is 1. The third-order valence-electron chi connectivity index (χ3n) is 4.96. The Balaban J connectivity index is 1.44. The first-order valence-electron chi connectivity index (χ1n) is 9.48. The van der Waals surface area contributed by atoms with Crippen LogP contribution in [0.1, 0.15) is 38.7 Å². The average molecular weight is 421 g/mol. The van der Waals surface area contributed by atoms with Crippen LogP contribution in [0.3, 0.4) is 0 Å². The number of aromatic amines is 1. The SMILES string of the molecule is Cc1cc(N)nc(C)c1CNC(=O)c1cnc(Cc2ccc3ncc(Cl)cc3c2)[nH]1. The van der Waals surface area contributed by atoms with Crippen molar-refractivity contribution in [3.63, 3.8) is 0 Å². The highest BCUT2D eigenvalue weighted by molar-refractivity contribution is 6.31. The van der Waals surface area contributed by atoms with Gasteiger partial charge in [0.2, 0.25) is 0 Å². The number of halogens is 1. The number of H-pyrrole nitrogens is 1. The van der Waals surface area contributed by atoms with Crippen molar-refractivity contribution in [2.24, 2.45) is 0 Å². The van der Waals surface area contributed by atoms with Crippen LogP contribution in [0.5, 0.6) is 0 Å². The lowest BCUT2D eigenvalue weighted by Gasteiger charge is -2.11. The molecule has 4 aromatic rings. The number of aromatic nitrogens is 4. The summed E-state index contributed by atoms with van der Waals surface area (Å²) >= 11 is 6.03. The second-order valence-electron chi connectivity index (χ2n) is 7.21. The minimum Gasteiger partial charge on any atom is -0.384 e. The minimum absolute atomic E-state index is 0.223. The van der Waals surface area contributed by atoms with E-state index >= 15 is 0 Å². The number of nitrogen functional groups attached to an aromatic ring is 1. The number of nitrogens with zero attached hydrogens (tertiary/aromatic N) is 3. The van der Waals surface area contributed by atoms with E-state index in [1.807, 2.05) is 38.1 Å². The second-order valence-corrected chi connectivity index (χ2v) is 7.65. The van der Waals surface area contributed by atoms with E-state index in [-0.39, 0.29) is 5.91 Å². The first-order chi connectivity index (χ1) is 14.4. The normalized spacial score (nSPS) is 11.0. The van der Waals surface area contributed by atoms with Gasteiger partial charge < -0.3 is 16.0 Å². The van der Waals surface area contributed by atoms with Crippen molar-refractivity contribution in [2.75, 3.05) is 5.73 Å². The van der Waals surface area contributed by atoms with Crippen LogP contribution in [0.25, 0.3) is 10.9 Å². The summed E-state index contributed by atoms with van der Waals surface area (Å²) in [7, 11) is 0. The van der Waals surface area contributed by atoms with Crippen LogP contribution < -0.4 is 11.1 Å². The predicted octanol–water partition coefficient (Wildman–Crippen LogP) is 3.73. The fourth-order valence-corrected chi connectivity index (χ4v) is 3.61. The van der Waals surface area contributed by atoms with E-state index in [1.54, 1.807) is 18.5 Å². The number of carbonyl (C=O) groups is 1. The molecule has 3 aromatic heterocycles. The highest BCUT2D eigenvalue weighted by atomic mass is 35.5. The van der Waals surface area contributed by atoms with E-state index in [0.717, 1.165) is 33.3 Å². The van der Waals surface area contributed by atoms with Gasteiger partial charge in [-0.2, -0.15) is 0 Å². The third kappa shape index (κ3) is 4.26. The Morgan fingerprint density at radius 2 is 2.00 bits per heavy atom. The molecule has 1 amide bonds. The zero-order valence-electron chi connectivity index (χ0n) is 16.7. The monoisotopic (exact) mass is 420 g/mol. The molecule has 8 heteroatoms. The Morgan fingerprint density at radius 1 is 1.17 bits per heavy atom. The van der Waals surface area contributed by atoms with E-state index in [2.05, 4.69) is 25.3 Å². The fraction of sp³-hybridized carbons (Fsp3) is 0.182. The molecular formula is C22H21ClN6O. The van der Waals surface area contributed by atoms with Crippen molar-refractivity contribution < 1.29 is 4.79 Å². The van der Waals surface area contributed by atoms with Crippen LogP contribution in [0.2, 0.25) is 5.02 Å². The molecule has 0 bridgehead atoms. The summed E-state index contributed by atoms with van der Waals surface area (Å²) in [5.41, 5.74) is 10.9. The number of nitrogens with one attached hydrogen (secondary N) is 2. The van der Waals surface area contributed by atoms with Crippen LogP contribution in [0, 0.1) is 13.8 Å². The molecule has 3 heterocycles. The first kappa shape index (κ1) is 19.8. The van der Waals surface area contributed by atoms with E-state index < -0.39 is 0 Å². The summed E-state index contributed by atoms with van der Waals surface area (Å²) in [6.07, 6.45) is 3.74. The van der Waals surface area contributed by atoms with Crippen molar-refractivity contribution in [3.05, 3.63) is 81.7 Å². The van der Waals surface area contributed by atoms with Gasteiger partial charge >= 0.3 is 0 Å². The molecule has 30 heavy (non-hydrogen) atoms. The lowest BCUT2D eigenvalue weighted by molar-refractivity contribution is 0.0946. The second kappa shape index (κ2) is 8.12. The van der Waals surface area contributed by atoms with Crippen LogP contribution in [0.4, 0.5) is 5.82 Å². The molecule has 4 rings (SSSR count). The number of fused-ring (bicyclic) bond motifs is 1. The van der Waals surface area contributed by atoms with E-state index in [9.17, 15) is 4.79 Å². The van der Waals surface area contributed by atoms with Gasteiger partial charge in [0.05, 0.1) is 16.7 Å². The molecule has 152 valence electrons. The highest BCUT2D eigenvalue weighted by Crippen LogP contribution is 2.19. The molecule has 0 atom stereocenters. The number of nitrogens with two attached hydrogens (primary N) is 1. The Kier molecular flexibility index (Phi) is 5.37. The van der Waals surface area contributed by atoms with Crippen LogP contribution in [-0.4, -0.2) is 25.8 Å². The van der Waals surface area contributed by atoms with Crippen LogP contribution in [-0.2, 0) is 13.0 Å². The lowest BCUT2D eigenvalue weighted by atomic mass is 10.1. The number of imidazole rings is 1. The fourth-order valence-electron chi connectivity index (χ4n) is 3.44. The lowest BCUT2D eigenvalue weighted by Crippen LogP contribution is -2.24. The molecule has 7 nitrogen and oxygen atoms in total. The van der Waals surface area contributed by atoms with Crippen molar-refractivity contribution >= 4 is 34.2 Å². The maximum Gasteiger partial charge on any atom is 0.269 e. The molecule has 0 radical (unpaired) electrons. The Hall–Kier alpha value is -3.45. The molecule has 0 aliphatic carbocycles. The van der Waals surface area contributed by atoms with Gasteiger partial charge in [-0.05, 0) is 54.8 Å². The molecule has 0 unspecified atom stereocenters.